The molecule has 0 aromatic rings. The van der Waals surface area contributed by atoms with Crippen LogP contribution in [0.1, 0.15) is 59.8 Å². The minimum atomic E-state index is 0.700. The molecule has 0 aromatic carbocycles. The summed E-state index contributed by atoms with van der Waals surface area (Å²) in [6.45, 7) is 9.47. The molecule has 0 N–H and O–H groups in total. The van der Waals surface area contributed by atoms with E-state index in [2.05, 4.69) is 27.7 Å². The van der Waals surface area contributed by atoms with Crippen LogP contribution in [0.25, 0.3) is 0 Å². The van der Waals surface area contributed by atoms with E-state index in [1.807, 2.05) is 0 Å². The van der Waals surface area contributed by atoms with E-state index < -0.39 is 0 Å². The Morgan fingerprint density at radius 3 is 2.08 bits per heavy atom. The van der Waals surface area contributed by atoms with Crippen molar-refractivity contribution in [2.24, 2.45) is 17.3 Å². The first-order valence-corrected chi connectivity index (χ1v) is 5.60. The van der Waals surface area contributed by atoms with E-state index >= 15 is 0 Å². The third-order valence-corrected chi connectivity index (χ3v) is 3.80. The molecule has 0 saturated heterocycles. The molecule has 1 atom stereocenters. The van der Waals surface area contributed by atoms with Gasteiger partial charge in [0.05, 0.1) is 0 Å². The third kappa shape index (κ3) is 2.50. The summed E-state index contributed by atoms with van der Waals surface area (Å²) in [6.07, 6.45) is 7.20. The third-order valence-electron chi connectivity index (χ3n) is 3.80. The van der Waals surface area contributed by atoms with Gasteiger partial charge < -0.3 is 0 Å². The average Bonchev–Trinajstić information content (AvgIpc) is 2.61. The normalized spacial score (nSPS) is 26.2. The number of hydrogen-bond donors (Lipinski definition) is 0. The van der Waals surface area contributed by atoms with Crippen LogP contribution in [0.3, 0.4) is 0 Å². The van der Waals surface area contributed by atoms with Crippen LogP contribution in [-0.4, -0.2) is 0 Å². The number of hydrogen-bond acceptors (Lipinski definition) is 0. The zero-order valence-corrected chi connectivity index (χ0v) is 9.19. The highest BCUT2D eigenvalue weighted by Gasteiger charge is 2.44. The van der Waals surface area contributed by atoms with Gasteiger partial charge in [-0.3, -0.25) is 0 Å². The van der Waals surface area contributed by atoms with Gasteiger partial charge in [-0.15, -0.1) is 0 Å². The summed E-state index contributed by atoms with van der Waals surface area (Å²) in [5.41, 5.74) is 0.700. The minimum Gasteiger partial charge on any atom is -0.0651 e. The monoisotopic (exact) mass is 168 g/mol. The molecule has 0 heterocycles. The van der Waals surface area contributed by atoms with Gasteiger partial charge in [-0.2, -0.15) is 0 Å². The van der Waals surface area contributed by atoms with Crippen molar-refractivity contribution in [3.8, 4) is 0 Å². The van der Waals surface area contributed by atoms with Crippen LogP contribution in [0.4, 0.5) is 0 Å². The molecule has 0 heteroatoms. The highest BCUT2D eigenvalue weighted by Crippen LogP contribution is 2.54. The quantitative estimate of drug-likeness (QED) is 0.575. The van der Waals surface area contributed by atoms with Crippen LogP contribution in [0, 0.1) is 17.3 Å². The molecule has 0 aromatic heterocycles. The maximum atomic E-state index is 2.41. The highest BCUT2D eigenvalue weighted by atomic mass is 14.5. The highest BCUT2D eigenvalue weighted by molar-refractivity contribution is 4.94. The van der Waals surface area contributed by atoms with Crippen molar-refractivity contribution in [2.75, 3.05) is 0 Å². The SMILES string of the molecule is CCC(CC)CCC1CC1(C)C. The Hall–Kier alpha value is 0. The van der Waals surface area contributed by atoms with Gasteiger partial charge in [0.25, 0.3) is 0 Å². The zero-order chi connectivity index (χ0) is 9.19. The lowest BCUT2D eigenvalue weighted by Gasteiger charge is -2.12. The lowest BCUT2D eigenvalue weighted by molar-refractivity contribution is 0.405. The maximum absolute atomic E-state index is 2.41. The Bertz CT molecular complexity index is 129. The second-order valence-corrected chi connectivity index (χ2v) is 5.15. The Balaban J connectivity index is 2.10. The Morgan fingerprint density at radius 1 is 1.25 bits per heavy atom. The summed E-state index contributed by atoms with van der Waals surface area (Å²) < 4.78 is 0. The molecule has 0 aliphatic heterocycles. The molecular weight excluding hydrogens is 144 g/mol. The fourth-order valence-electron chi connectivity index (χ4n) is 2.20. The molecular formula is C12H24. The molecule has 1 aliphatic carbocycles. The Morgan fingerprint density at radius 2 is 1.75 bits per heavy atom. The van der Waals surface area contributed by atoms with Gasteiger partial charge in [-0.05, 0) is 30.1 Å². The first kappa shape index (κ1) is 10.1. The van der Waals surface area contributed by atoms with Crippen molar-refractivity contribution in [3.63, 3.8) is 0 Å². The Kier molecular flexibility index (Phi) is 3.20. The van der Waals surface area contributed by atoms with Gasteiger partial charge in [-0.25, -0.2) is 0 Å². The Labute approximate surface area is 77.7 Å². The van der Waals surface area contributed by atoms with Gasteiger partial charge >= 0.3 is 0 Å². The van der Waals surface area contributed by atoms with E-state index in [4.69, 9.17) is 0 Å². The maximum Gasteiger partial charge on any atom is -0.0323 e. The molecule has 1 aliphatic rings. The molecule has 1 unspecified atom stereocenters. The molecule has 0 radical (unpaired) electrons. The van der Waals surface area contributed by atoms with E-state index in [-0.39, 0.29) is 0 Å². The van der Waals surface area contributed by atoms with Crippen LogP contribution >= 0.6 is 0 Å². The lowest BCUT2D eigenvalue weighted by Crippen LogP contribution is -1.99. The first-order chi connectivity index (χ1) is 5.60. The first-order valence-electron chi connectivity index (χ1n) is 5.60. The summed E-state index contributed by atoms with van der Waals surface area (Å²) in [4.78, 5) is 0. The fourth-order valence-corrected chi connectivity index (χ4v) is 2.20. The molecule has 12 heavy (non-hydrogen) atoms. The molecule has 72 valence electrons. The molecule has 1 saturated carbocycles. The smallest absolute Gasteiger partial charge is 0.0323 e. The topological polar surface area (TPSA) is 0 Å². The summed E-state index contributed by atoms with van der Waals surface area (Å²) in [5.74, 6) is 2.06. The van der Waals surface area contributed by atoms with E-state index in [9.17, 15) is 0 Å². The van der Waals surface area contributed by atoms with Crippen molar-refractivity contribution >= 4 is 0 Å². The number of rotatable bonds is 5. The standard InChI is InChI=1S/C12H24/c1-5-10(6-2)7-8-11-9-12(11,3)4/h10-11H,5-9H2,1-4H3. The van der Waals surface area contributed by atoms with Gasteiger partial charge in [0.1, 0.15) is 0 Å². The van der Waals surface area contributed by atoms with Crippen molar-refractivity contribution in [1.82, 2.24) is 0 Å². The van der Waals surface area contributed by atoms with Crippen molar-refractivity contribution in [2.45, 2.75) is 59.8 Å². The van der Waals surface area contributed by atoms with Gasteiger partial charge in [0.2, 0.25) is 0 Å². The van der Waals surface area contributed by atoms with Crippen LogP contribution in [0.5, 0.6) is 0 Å². The summed E-state index contributed by atoms with van der Waals surface area (Å²) >= 11 is 0. The van der Waals surface area contributed by atoms with Crippen molar-refractivity contribution in [1.29, 1.82) is 0 Å². The van der Waals surface area contributed by atoms with Crippen LogP contribution in [0.2, 0.25) is 0 Å². The largest absolute Gasteiger partial charge is 0.0651 e. The van der Waals surface area contributed by atoms with Crippen LogP contribution in [0.15, 0.2) is 0 Å². The lowest BCUT2D eigenvalue weighted by atomic mass is 9.94. The summed E-state index contributed by atoms with van der Waals surface area (Å²) in [7, 11) is 0. The molecule has 0 bridgehead atoms. The van der Waals surface area contributed by atoms with Gasteiger partial charge in [-0.1, -0.05) is 47.0 Å². The molecule has 1 rings (SSSR count). The minimum absolute atomic E-state index is 0.700. The van der Waals surface area contributed by atoms with E-state index in [0.29, 0.717) is 5.41 Å². The van der Waals surface area contributed by atoms with E-state index in [0.717, 1.165) is 11.8 Å². The molecule has 0 spiro atoms. The summed E-state index contributed by atoms with van der Waals surface area (Å²) in [5, 5.41) is 0. The van der Waals surface area contributed by atoms with Crippen molar-refractivity contribution < 1.29 is 0 Å². The van der Waals surface area contributed by atoms with Gasteiger partial charge in [0.15, 0.2) is 0 Å². The molecule has 0 amide bonds. The van der Waals surface area contributed by atoms with Crippen LogP contribution in [-0.2, 0) is 0 Å². The molecule has 0 nitrogen and oxygen atoms in total. The zero-order valence-electron chi connectivity index (χ0n) is 9.19. The van der Waals surface area contributed by atoms with E-state index in [1.54, 1.807) is 0 Å². The van der Waals surface area contributed by atoms with Gasteiger partial charge in [0, 0.05) is 0 Å². The predicted octanol–water partition coefficient (Wildman–Crippen LogP) is 4.25. The second kappa shape index (κ2) is 3.81. The predicted molar refractivity (Wildman–Crippen MR) is 55.2 cm³/mol. The average molecular weight is 168 g/mol. The second-order valence-electron chi connectivity index (χ2n) is 5.15. The van der Waals surface area contributed by atoms with E-state index in [1.165, 1.54) is 32.1 Å². The van der Waals surface area contributed by atoms with Crippen molar-refractivity contribution in [3.05, 3.63) is 0 Å². The summed E-state index contributed by atoms with van der Waals surface area (Å²) in [6, 6.07) is 0. The fraction of sp³-hybridized carbons (Fsp3) is 1.00. The van der Waals surface area contributed by atoms with Crippen LogP contribution < -0.4 is 0 Å². The molecule has 1 fully saturated rings.